The third-order valence-electron chi connectivity index (χ3n) is 5.25. The number of halogens is 1. The Labute approximate surface area is 164 Å². The van der Waals surface area contributed by atoms with Gasteiger partial charge >= 0.3 is 0 Å². The van der Waals surface area contributed by atoms with Crippen molar-refractivity contribution in [1.82, 2.24) is 9.55 Å². The van der Waals surface area contributed by atoms with Crippen LogP contribution in [-0.4, -0.2) is 22.0 Å². The molecule has 27 heavy (non-hydrogen) atoms. The van der Waals surface area contributed by atoms with Gasteiger partial charge in [0, 0.05) is 36.1 Å². The number of benzene rings is 2. The van der Waals surface area contributed by atoms with Gasteiger partial charge in [0.1, 0.15) is 5.82 Å². The van der Waals surface area contributed by atoms with Gasteiger partial charge in [-0.25, -0.2) is 4.98 Å². The Hall–Kier alpha value is -2.33. The van der Waals surface area contributed by atoms with Crippen LogP contribution < -0.4 is 4.90 Å². The summed E-state index contributed by atoms with van der Waals surface area (Å²) in [5.41, 5.74) is 3.99. The Kier molecular flexibility index (Phi) is 4.68. The van der Waals surface area contributed by atoms with Crippen molar-refractivity contribution < 1.29 is 4.79 Å². The lowest BCUT2D eigenvalue weighted by Crippen LogP contribution is -2.25. The molecule has 2 heterocycles. The first-order chi connectivity index (χ1) is 13.0. The third-order valence-corrected chi connectivity index (χ3v) is 5.66. The predicted octanol–water partition coefficient (Wildman–Crippen LogP) is 5.17. The van der Waals surface area contributed by atoms with Crippen LogP contribution in [0.1, 0.15) is 37.6 Å². The maximum Gasteiger partial charge on any atom is 0.227 e. The molecule has 1 fully saturated rings. The molecule has 2 aromatic carbocycles. The van der Waals surface area contributed by atoms with Gasteiger partial charge in [-0.2, -0.15) is 0 Å². The Bertz CT molecular complexity index is 1010. The van der Waals surface area contributed by atoms with Crippen LogP contribution >= 0.6 is 11.6 Å². The van der Waals surface area contributed by atoms with E-state index in [1.54, 1.807) is 0 Å². The summed E-state index contributed by atoms with van der Waals surface area (Å²) < 4.78 is 2.30. The molecule has 0 unspecified atom stereocenters. The molecule has 0 N–H and O–H groups in total. The molecule has 0 bridgehead atoms. The highest BCUT2D eigenvalue weighted by Crippen LogP contribution is 2.36. The summed E-state index contributed by atoms with van der Waals surface area (Å²) >= 11 is 6.27. The highest BCUT2D eigenvalue weighted by Gasteiger charge is 2.35. The fourth-order valence-corrected chi connectivity index (χ4v) is 4.13. The van der Waals surface area contributed by atoms with Crippen molar-refractivity contribution in [1.29, 1.82) is 0 Å². The smallest absolute Gasteiger partial charge is 0.227 e. The first-order valence-electron chi connectivity index (χ1n) is 9.46. The lowest BCUT2D eigenvalue weighted by Gasteiger charge is -2.20. The second-order valence-electron chi connectivity index (χ2n) is 7.75. The molecule has 1 aliphatic rings. The maximum atomic E-state index is 12.8. The van der Waals surface area contributed by atoms with Gasteiger partial charge in [-0.15, -0.1) is 0 Å². The molecular formula is C22H24ClN3O. The number of carbonyl (C=O) groups is 1. The molecule has 5 heteroatoms. The van der Waals surface area contributed by atoms with Crippen LogP contribution in [0.5, 0.6) is 0 Å². The molecule has 1 saturated heterocycles. The molecule has 0 radical (unpaired) electrons. The highest BCUT2D eigenvalue weighted by molar-refractivity contribution is 6.31. The van der Waals surface area contributed by atoms with Crippen LogP contribution in [0.2, 0.25) is 5.02 Å². The molecule has 4 nitrogen and oxygen atoms in total. The predicted molar refractivity (Wildman–Crippen MR) is 110 cm³/mol. The Morgan fingerprint density at radius 3 is 2.74 bits per heavy atom. The second kappa shape index (κ2) is 7.01. The number of aromatic nitrogens is 2. The molecule has 3 aromatic rings. The lowest BCUT2D eigenvalue weighted by atomic mass is 10.1. The zero-order chi connectivity index (χ0) is 19.1. The van der Waals surface area contributed by atoms with E-state index in [0.717, 1.165) is 34.7 Å². The zero-order valence-corrected chi connectivity index (χ0v) is 16.7. The summed E-state index contributed by atoms with van der Waals surface area (Å²) in [6.45, 7) is 7.92. The van der Waals surface area contributed by atoms with E-state index in [9.17, 15) is 4.79 Å². The van der Waals surface area contributed by atoms with Crippen LogP contribution in [0.25, 0.3) is 11.0 Å². The van der Waals surface area contributed by atoms with Crippen LogP contribution in [0, 0.1) is 12.8 Å². The van der Waals surface area contributed by atoms with Crippen molar-refractivity contribution in [3.63, 3.8) is 0 Å². The first kappa shape index (κ1) is 18.1. The van der Waals surface area contributed by atoms with Gasteiger partial charge in [0.15, 0.2) is 0 Å². The molecule has 1 amide bonds. The summed E-state index contributed by atoms with van der Waals surface area (Å²) in [7, 11) is 0. The van der Waals surface area contributed by atoms with Crippen LogP contribution in [0.4, 0.5) is 5.69 Å². The largest absolute Gasteiger partial charge is 0.327 e. The van der Waals surface area contributed by atoms with E-state index in [1.807, 2.05) is 48.2 Å². The van der Waals surface area contributed by atoms with E-state index in [0.29, 0.717) is 23.9 Å². The third kappa shape index (κ3) is 3.23. The van der Waals surface area contributed by atoms with Crippen molar-refractivity contribution in [3.05, 3.63) is 58.9 Å². The van der Waals surface area contributed by atoms with Gasteiger partial charge in [-0.1, -0.05) is 43.6 Å². The quantitative estimate of drug-likeness (QED) is 0.624. The van der Waals surface area contributed by atoms with Crippen molar-refractivity contribution >= 4 is 34.2 Å². The fourth-order valence-electron chi connectivity index (χ4n) is 3.96. The summed E-state index contributed by atoms with van der Waals surface area (Å²) in [5, 5.41) is 0.691. The van der Waals surface area contributed by atoms with Gasteiger partial charge in [0.2, 0.25) is 5.91 Å². The van der Waals surface area contributed by atoms with Crippen LogP contribution in [0.15, 0.2) is 42.5 Å². The molecule has 140 valence electrons. The highest BCUT2D eigenvalue weighted by atomic mass is 35.5. The number of para-hydroxylation sites is 2. The van der Waals surface area contributed by atoms with Crippen molar-refractivity contribution in [2.45, 2.75) is 39.7 Å². The summed E-state index contributed by atoms with van der Waals surface area (Å²) in [4.78, 5) is 19.6. The Balaban J connectivity index is 1.73. The van der Waals surface area contributed by atoms with E-state index in [2.05, 4.69) is 24.5 Å². The molecule has 0 saturated carbocycles. The summed E-state index contributed by atoms with van der Waals surface area (Å²) in [5.74, 6) is 1.74. The molecule has 4 rings (SSSR count). The first-order valence-corrected chi connectivity index (χ1v) is 9.84. The standard InChI is InChI=1S/C22H24ClN3O/c1-14(2)12-26-20-9-5-4-8-18(20)24-22(26)16-11-21(27)25(13-16)19-10-6-7-17(23)15(19)3/h4-10,14,16H,11-13H2,1-3H3/t16-/m0/s1. The van der Waals surface area contributed by atoms with E-state index in [1.165, 1.54) is 0 Å². The number of carbonyl (C=O) groups excluding carboxylic acids is 1. The molecule has 1 aliphatic heterocycles. The van der Waals surface area contributed by atoms with Crippen LogP contribution in [0.3, 0.4) is 0 Å². The maximum absolute atomic E-state index is 12.8. The van der Waals surface area contributed by atoms with E-state index in [-0.39, 0.29) is 11.8 Å². The van der Waals surface area contributed by atoms with Gasteiger partial charge in [-0.05, 0) is 42.7 Å². The SMILES string of the molecule is Cc1c(Cl)cccc1N1C[C@@H](c2nc3ccccc3n2CC(C)C)CC1=O. The van der Waals surface area contributed by atoms with Crippen molar-refractivity contribution in [2.24, 2.45) is 5.92 Å². The van der Waals surface area contributed by atoms with Gasteiger partial charge in [0.05, 0.1) is 11.0 Å². The Morgan fingerprint density at radius 2 is 1.96 bits per heavy atom. The molecule has 1 atom stereocenters. The molecule has 0 spiro atoms. The number of nitrogens with zero attached hydrogens (tertiary/aromatic N) is 3. The molecular weight excluding hydrogens is 358 g/mol. The minimum absolute atomic E-state index is 0.0852. The van der Waals surface area contributed by atoms with Gasteiger partial charge < -0.3 is 9.47 Å². The number of anilines is 1. The zero-order valence-electron chi connectivity index (χ0n) is 15.9. The number of hydrogen-bond acceptors (Lipinski definition) is 2. The number of fused-ring (bicyclic) bond motifs is 1. The summed E-state index contributed by atoms with van der Waals surface area (Å²) in [6, 6.07) is 14.0. The number of hydrogen-bond donors (Lipinski definition) is 0. The van der Waals surface area contributed by atoms with Gasteiger partial charge in [0.25, 0.3) is 0 Å². The minimum Gasteiger partial charge on any atom is -0.327 e. The fraction of sp³-hybridized carbons (Fsp3) is 0.364. The van der Waals surface area contributed by atoms with E-state index in [4.69, 9.17) is 16.6 Å². The number of rotatable bonds is 4. The van der Waals surface area contributed by atoms with E-state index < -0.39 is 0 Å². The topological polar surface area (TPSA) is 38.1 Å². The monoisotopic (exact) mass is 381 g/mol. The molecule has 1 aromatic heterocycles. The van der Waals surface area contributed by atoms with E-state index >= 15 is 0 Å². The summed E-state index contributed by atoms with van der Waals surface area (Å²) in [6.07, 6.45) is 0.480. The van der Waals surface area contributed by atoms with Crippen LogP contribution in [-0.2, 0) is 11.3 Å². The minimum atomic E-state index is 0.0852. The van der Waals surface area contributed by atoms with Crippen molar-refractivity contribution in [3.8, 4) is 0 Å². The number of amides is 1. The van der Waals surface area contributed by atoms with Gasteiger partial charge in [-0.3, -0.25) is 4.79 Å². The lowest BCUT2D eigenvalue weighted by molar-refractivity contribution is -0.117. The average molecular weight is 382 g/mol. The Morgan fingerprint density at radius 1 is 1.19 bits per heavy atom. The average Bonchev–Trinajstić information content (AvgIpc) is 3.18. The normalized spacial score (nSPS) is 17.4. The molecule has 0 aliphatic carbocycles. The number of imidazole rings is 1. The van der Waals surface area contributed by atoms with Crippen molar-refractivity contribution in [2.75, 3.05) is 11.4 Å². The second-order valence-corrected chi connectivity index (χ2v) is 8.16.